The van der Waals surface area contributed by atoms with Crippen molar-refractivity contribution >= 4 is 11.8 Å². The number of benzene rings is 1. The van der Waals surface area contributed by atoms with E-state index in [0.717, 1.165) is 37.0 Å². The van der Waals surface area contributed by atoms with Crippen molar-refractivity contribution in [2.24, 2.45) is 0 Å². The molecule has 0 saturated heterocycles. The van der Waals surface area contributed by atoms with Crippen LogP contribution in [0.15, 0.2) is 29.2 Å². The van der Waals surface area contributed by atoms with Crippen molar-refractivity contribution in [1.82, 2.24) is 19.7 Å². The number of thioether (sulfide) groups is 1. The Labute approximate surface area is 117 Å². The molecule has 0 amide bonds. The molecule has 0 bridgehead atoms. The van der Waals surface area contributed by atoms with Crippen LogP contribution in [0.2, 0.25) is 0 Å². The second-order valence-electron chi connectivity index (χ2n) is 4.59. The molecule has 0 aliphatic carbocycles. The fraction of sp³-hybridized carbons (Fsp3) is 0.429. The molecule has 1 aromatic carbocycles. The van der Waals surface area contributed by atoms with Gasteiger partial charge in [-0.2, -0.15) is 0 Å². The second-order valence-corrected chi connectivity index (χ2v) is 5.60. The van der Waals surface area contributed by atoms with E-state index in [1.54, 1.807) is 0 Å². The first kappa shape index (κ1) is 12.7. The van der Waals surface area contributed by atoms with Crippen LogP contribution >= 0.6 is 11.8 Å². The monoisotopic (exact) mass is 274 g/mol. The van der Waals surface area contributed by atoms with E-state index in [9.17, 15) is 0 Å². The van der Waals surface area contributed by atoms with Crippen molar-refractivity contribution in [3.63, 3.8) is 0 Å². The minimum atomic E-state index is 0.860. The van der Waals surface area contributed by atoms with E-state index in [0.29, 0.717) is 0 Å². The maximum atomic E-state index is 4.39. The van der Waals surface area contributed by atoms with E-state index in [1.165, 1.54) is 10.6 Å². The van der Waals surface area contributed by atoms with Crippen molar-refractivity contribution < 1.29 is 0 Å². The van der Waals surface area contributed by atoms with Gasteiger partial charge in [-0.05, 0) is 25.2 Å². The lowest BCUT2D eigenvalue weighted by atomic mass is 10.3. The number of rotatable bonds is 4. The summed E-state index contributed by atoms with van der Waals surface area (Å²) >= 11 is 1.84. The van der Waals surface area contributed by atoms with Crippen LogP contribution in [0.5, 0.6) is 0 Å². The van der Waals surface area contributed by atoms with E-state index < -0.39 is 0 Å². The predicted octanol–water partition coefficient (Wildman–Crippen LogP) is 2.71. The zero-order valence-corrected chi connectivity index (χ0v) is 12.2. The van der Waals surface area contributed by atoms with Crippen LogP contribution in [-0.4, -0.2) is 32.8 Å². The number of aromatic nitrogens is 3. The zero-order valence-electron chi connectivity index (χ0n) is 11.3. The van der Waals surface area contributed by atoms with E-state index >= 15 is 0 Å². The quantitative estimate of drug-likeness (QED) is 0.858. The Hall–Kier alpha value is -1.33. The lowest BCUT2D eigenvalue weighted by Gasteiger charge is -2.21. The molecule has 0 fully saturated rings. The Morgan fingerprint density at radius 2 is 2.00 bits per heavy atom. The molecule has 3 rings (SSSR count). The summed E-state index contributed by atoms with van der Waals surface area (Å²) in [4.78, 5) is 3.68. The Balaban J connectivity index is 2.01. The molecular formula is C14H18N4S. The molecule has 0 unspecified atom stereocenters. The van der Waals surface area contributed by atoms with Gasteiger partial charge in [-0.3, -0.25) is 9.47 Å². The SMILES string of the molecule is CCN(CC)Cc1nnc2n1-c1ccccc1SC2. The minimum absolute atomic E-state index is 0.860. The molecule has 0 saturated carbocycles. The number of hydrogen-bond donors (Lipinski definition) is 0. The summed E-state index contributed by atoms with van der Waals surface area (Å²) in [5, 5.41) is 8.73. The first-order chi connectivity index (χ1) is 9.33. The molecule has 4 nitrogen and oxygen atoms in total. The lowest BCUT2D eigenvalue weighted by Crippen LogP contribution is -2.24. The van der Waals surface area contributed by atoms with Crippen LogP contribution in [0.4, 0.5) is 0 Å². The highest BCUT2D eigenvalue weighted by Gasteiger charge is 2.21. The van der Waals surface area contributed by atoms with E-state index in [4.69, 9.17) is 0 Å². The molecule has 2 aromatic rings. The molecule has 1 aliphatic rings. The summed E-state index contributed by atoms with van der Waals surface area (Å²) in [6, 6.07) is 8.49. The Morgan fingerprint density at radius 3 is 2.79 bits per heavy atom. The molecule has 100 valence electrons. The van der Waals surface area contributed by atoms with Crippen LogP contribution in [0.1, 0.15) is 25.5 Å². The van der Waals surface area contributed by atoms with Crippen LogP contribution in [-0.2, 0) is 12.3 Å². The standard InChI is InChI=1S/C14H18N4S/c1-3-17(4-2)9-13-15-16-14-10-19-12-8-6-5-7-11(12)18(13)14/h5-8H,3-4,9-10H2,1-2H3. The van der Waals surface area contributed by atoms with Crippen molar-refractivity contribution in [3.8, 4) is 5.69 Å². The average molecular weight is 274 g/mol. The highest BCUT2D eigenvalue weighted by Crippen LogP contribution is 2.34. The third kappa shape index (κ3) is 2.28. The number of nitrogens with zero attached hydrogens (tertiary/aromatic N) is 4. The van der Waals surface area contributed by atoms with Gasteiger partial charge in [0.2, 0.25) is 0 Å². The molecule has 1 aliphatic heterocycles. The number of para-hydroxylation sites is 1. The molecule has 0 spiro atoms. The molecule has 0 radical (unpaired) electrons. The first-order valence-corrected chi connectivity index (χ1v) is 7.69. The van der Waals surface area contributed by atoms with Gasteiger partial charge in [0, 0.05) is 4.90 Å². The lowest BCUT2D eigenvalue weighted by molar-refractivity contribution is 0.286. The third-order valence-corrected chi connectivity index (χ3v) is 4.58. The van der Waals surface area contributed by atoms with Crippen LogP contribution in [0, 0.1) is 0 Å². The summed E-state index contributed by atoms with van der Waals surface area (Å²) in [6.45, 7) is 7.30. The fourth-order valence-corrected chi connectivity index (χ4v) is 3.33. The van der Waals surface area contributed by atoms with Crippen LogP contribution < -0.4 is 0 Å². The maximum Gasteiger partial charge on any atom is 0.151 e. The summed E-state index contributed by atoms with van der Waals surface area (Å²) in [7, 11) is 0. The van der Waals surface area contributed by atoms with Gasteiger partial charge in [0.1, 0.15) is 5.82 Å². The number of fused-ring (bicyclic) bond motifs is 3. The molecule has 0 atom stereocenters. The largest absolute Gasteiger partial charge is 0.296 e. The number of hydrogen-bond acceptors (Lipinski definition) is 4. The van der Waals surface area contributed by atoms with Crippen molar-refractivity contribution in [2.75, 3.05) is 13.1 Å². The highest BCUT2D eigenvalue weighted by molar-refractivity contribution is 7.98. The molecule has 0 N–H and O–H groups in total. The van der Waals surface area contributed by atoms with Crippen LogP contribution in [0.25, 0.3) is 5.69 Å². The van der Waals surface area contributed by atoms with E-state index in [1.807, 2.05) is 11.8 Å². The first-order valence-electron chi connectivity index (χ1n) is 6.71. The topological polar surface area (TPSA) is 34.0 Å². The summed E-state index contributed by atoms with van der Waals surface area (Å²) in [5.41, 5.74) is 1.22. The van der Waals surface area contributed by atoms with Crippen molar-refractivity contribution in [2.45, 2.75) is 31.0 Å². The minimum Gasteiger partial charge on any atom is -0.296 e. The van der Waals surface area contributed by atoms with Crippen molar-refractivity contribution in [1.29, 1.82) is 0 Å². The molecule has 2 heterocycles. The average Bonchev–Trinajstić information content (AvgIpc) is 2.88. The van der Waals surface area contributed by atoms with Gasteiger partial charge in [0.25, 0.3) is 0 Å². The maximum absolute atomic E-state index is 4.39. The van der Waals surface area contributed by atoms with Gasteiger partial charge in [-0.25, -0.2) is 0 Å². The normalized spacial score (nSPS) is 13.4. The summed E-state index contributed by atoms with van der Waals surface area (Å²) in [6.07, 6.45) is 0. The van der Waals surface area contributed by atoms with Crippen LogP contribution in [0.3, 0.4) is 0 Å². The van der Waals surface area contributed by atoms with Gasteiger partial charge < -0.3 is 0 Å². The highest BCUT2D eigenvalue weighted by atomic mass is 32.2. The fourth-order valence-electron chi connectivity index (χ4n) is 2.38. The van der Waals surface area contributed by atoms with Gasteiger partial charge in [-0.15, -0.1) is 22.0 Å². The predicted molar refractivity (Wildman–Crippen MR) is 77.5 cm³/mol. The Bertz CT molecular complexity index is 575. The summed E-state index contributed by atoms with van der Waals surface area (Å²) < 4.78 is 2.23. The Kier molecular flexibility index (Phi) is 3.57. The van der Waals surface area contributed by atoms with Gasteiger partial charge in [-0.1, -0.05) is 26.0 Å². The zero-order chi connectivity index (χ0) is 13.2. The molecule has 1 aromatic heterocycles. The summed E-state index contributed by atoms with van der Waals surface area (Å²) in [5.74, 6) is 3.01. The third-order valence-electron chi connectivity index (χ3n) is 3.52. The van der Waals surface area contributed by atoms with E-state index in [2.05, 4.69) is 57.8 Å². The van der Waals surface area contributed by atoms with Crippen molar-refractivity contribution in [3.05, 3.63) is 35.9 Å². The Morgan fingerprint density at radius 1 is 1.21 bits per heavy atom. The smallest absolute Gasteiger partial charge is 0.151 e. The second kappa shape index (κ2) is 5.35. The van der Waals surface area contributed by atoms with Gasteiger partial charge >= 0.3 is 0 Å². The molecule has 5 heteroatoms. The molecular weight excluding hydrogens is 256 g/mol. The van der Waals surface area contributed by atoms with Gasteiger partial charge in [0.05, 0.1) is 18.0 Å². The van der Waals surface area contributed by atoms with Gasteiger partial charge in [0.15, 0.2) is 5.82 Å². The van der Waals surface area contributed by atoms with E-state index in [-0.39, 0.29) is 0 Å². The molecule has 19 heavy (non-hydrogen) atoms.